The Kier molecular flexibility index (Phi) is 227. The van der Waals surface area contributed by atoms with E-state index in [0.29, 0.717) is 0 Å². The van der Waals surface area contributed by atoms with Crippen LogP contribution in [0.2, 0.25) is 0 Å². The third-order valence-electron chi connectivity index (χ3n) is 0. The van der Waals surface area contributed by atoms with Gasteiger partial charge in [0, 0.05) is 98.9 Å². The molecule has 0 aromatic heterocycles. The van der Waals surface area contributed by atoms with Gasteiger partial charge in [0.2, 0.25) is 0 Å². The molecule has 5 heteroatoms. The molecule has 0 aliphatic heterocycles. The molecule has 0 atom stereocenters. The first-order valence-electron chi connectivity index (χ1n) is 0. The first kappa shape index (κ1) is 41.8. The zero-order chi connectivity index (χ0) is 0. The maximum absolute atomic E-state index is 0. The molecule has 0 nitrogen and oxygen atoms in total. The van der Waals surface area contributed by atoms with E-state index in [0.717, 1.165) is 0 Å². The minimum atomic E-state index is 0. The van der Waals surface area contributed by atoms with Gasteiger partial charge in [0.1, 0.15) is 0 Å². The fraction of sp³-hybridized carbons (Fsp3) is 0. The largest absolute Gasteiger partial charge is 0 e. The molecule has 0 saturated heterocycles. The van der Waals surface area contributed by atoms with Gasteiger partial charge in [-0.1, -0.05) is 0 Å². The molecule has 0 bridgehead atoms. The van der Waals surface area contributed by atoms with Gasteiger partial charge >= 0.3 is 0 Å². The van der Waals surface area contributed by atoms with Gasteiger partial charge in [0.05, 0.1) is 0 Å². The fourth-order valence-corrected chi connectivity index (χ4v) is 0. The zero-order valence-corrected chi connectivity index (χ0v) is 10.4. The van der Waals surface area contributed by atoms with Crippen molar-refractivity contribution in [3.8, 4) is 0 Å². The van der Waals surface area contributed by atoms with E-state index >= 15 is 0 Å². The van der Waals surface area contributed by atoms with Crippen LogP contribution in [0.25, 0.3) is 0 Å². The van der Waals surface area contributed by atoms with E-state index in [9.17, 15) is 0 Å². The van der Waals surface area contributed by atoms with Gasteiger partial charge in [0.15, 0.2) is 0 Å². The molecule has 28 valence electrons. The predicted octanol–water partition coefficient (Wildman–Crippen LogP) is -0.391. The van der Waals surface area contributed by atoms with Crippen LogP contribution in [0.3, 0.4) is 0 Å². The second kappa shape index (κ2) is 27.2. The van der Waals surface area contributed by atoms with E-state index in [1.807, 2.05) is 0 Å². The standard InChI is InChI=1S/Al.Cu.2Ti.W. The molecule has 0 aliphatic carbocycles. The molecule has 0 spiro atoms. The van der Waals surface area contributed by atoms with Crippen LogP contribution in [0.15, 0.2) is 0 Å². The SMILES string of the molecule is [Al].[Cu].[Ti].[Ti].[W]. The van der Waals surface area contributed by atoms with Crippen LogP contribution in [0.5, 0.6) is 0 Å². The van der Waals surface area contributed by atoms with Crippen molar-refractivity contribution in [3.63, 3.8) is 0 Å². The van der Waals surface area contributed by atoms with E-state index in [1.54, 1.807) is 0 Å². The molecular weight excluding hydrogens is 370 g/mol. The average Bonchev–Trinajstić information content (AvgIpc) is 0. The third kappa shape index (κ3) is 19.1. The van der Waals surface area contributed by atoms with Gasteiger partial charge in [-0.05, 0) is 0 Å². The van der Waals surface area contributed by atoms with Crippen LogP contribution in [0.1, 0.15) is 0 Å². The Morgan fingerprint density at radius 2 is 0.800 bits per heavy atom. The Morgan fingerprint density at radius 3 is 0.800 bits per heavy atom. The van der Waals surface area contributed by atoms with E-state index in [-0.39, 0.29) is 98.9 Å². The van der Waals surface area contributed by atoms with E-state index in [4.69, 9.17) is 0 Å². The summed E-state index contributed by atoms with van der Waals surface area (Å²) in [6, 6.07) is 0. The van der Waals surface area contributed by atoms with Crippen LogP contribution in [0.4, 0.5) is 0 Å². The second-order valence-electron chi connectivity index (χ2n) is 0. The van der Waals surface area contributed by atoms with Crippen LogP contribution < -0.4 is 0 Å². The van der Waals surface area contributed by atoms with Crippen molar-refractivity contribution in [2.75, 3.05) is 0 Å². The molecule has 0 amide bonds. The van der Waals surface area contributed by atoms with Crippen LogP contribution >= 0.6 is 0 Å². The topological polar surface area (TPSA) is 0 Å². The molecule has 0 N–H and O–H groups in total. The maximum atomic E-state index is 0. The molecule has 0 aliphatic rings. The summed E-state index contributed by atoms with van der Waals surface area (Å²) in [4.78, 5) is 0. The van der Waals surface area contributed by atoms with E-state index in [1.165, 1.54) is 0 Å². The minimum absolute atomic E-state index is 0. The smallest absolute Gasteiger partial charge is 0 e. The van der Waals surface area contributed by atoms with E-state index < -0.39 is 0 Å². The van der Waals surface area contributed by atoms with Gasteiger partial charge < -0.3 is 0 Å². The van der Waals surface area contributed by atoms with Crippen LogP contribution in [-0.4, -0.2) is 17.4 Å². The fourth-order valence-electron chi connectivity index (χ4n) is 0. The monoisotopic (exact) mass is 370 g/mol. The quantitative estimate of drug-likeness (QED) is 0.510. The Labute approximate surface area is 97.2 Å². The Bertz CT molecular complexity index is 9.61. The van der Waals surface area contributed by atoms with Crippen molar-refractivity contribution >= 4 is 17.4 Å². The molecule has 0 aromatic carbocycles. The maximum Gasteiger partial charge on any atom is 0 e. The van der Waals surface area contributed by atoms with Crippen LogP contribution in [0, 0.1) is 0 Å². The van der Waals surface area contributed by atoms with Crippen molar-refractivity contribution in [3.05, 3.63) is 0 Å². The molecule has 4 radical (unpaired) electrons. The van der Waals surface area contributed by atoms with Crippen LogP contribution in [-0.2, 0) is 81.6 Å². The molecule has 0 unspecified atom stereocenters. The van der Waals surface area contributed by atoms with Gasteiger partial charge in [-0.3, -0.25) is 0 Å². The van der Waals surface area contributed by atoms with Crippen molar-refractivity contribution in [1.29, 1.82) is 0 Å². The van der Waals surface area contributed by atoms with E-state index in [2.05, 4.69) is 0 Å². The van der Waals surface area contributed by atoms with Gasteiger partial charge in [-0.15, -0.1) is 0 Å². The number of hydrogen-bond acceptors (Lipinski definition) is 0. The average molecular weight is 370 g/mol. The molecule has 0 aromatic rings. The summed E-state index contributed by atoms with van der Waals surface area (Å²) >= 11 is 0. The predicted molar refractivity (Wildman–Crippen MR) is 5.75 cm³/mol. The summed E-state index contributed by atoms with van der Waals surface area (Å²) in [5.74, 6) is 0. The molecule has 5 heavy (non-hydrogen) atoms. The van der Waals surface area contributed by atoms with Gasteiger partial charge in [0.25, 0.3) is 0 Å². The van der Waals surface area contributed by atoms with Gasteiger partial charge in [-0.25, -0.2) is 0 Å². The third-order valence-corrected chi connectivity index (χ3v) is 0. The summed E-state index contributed by atoms with van der Waals surface area (Å²) in [7, 11) is 0. The summed E-state index contributed by atoms with van der Waals surface area (Å²) < 4.78 is 0. The number of rotatable bonds is 0. The first-order valence-corrected chi connectivity index (χ1v) is 0. The summed E-state index contributed by atoms with van der Waals surface area (Å²) in [6.45, 7) is 0. The Hall–Kier alpha value is 3.17. The summed E-state index contributed by atoms with van der Waals surface area (Å²) in [5.41, 5.74) is 0. The Balaban J connectivity index is 0. The minimum Gasteiger partial charge on any atom is 0 e. The molecule has 0 saturated carbocycles. The van der Waals surface area contributed by atoms with Crippen molar-refractivity contribution in [2.24, 2.45) is 0 Å². The summed E-state index contributed by atoms with van der Waals surface area (Å²) in [5, 5.41) is 0. The Morgan fingerprint density at radius 1 is 0.800 bits per heavy atom. The molecule has 0 rings (SSSR count). The van der Waals surface area contributed by atoms with Crippen molar-refractivity contribution < 1.29 is 81.6 Å². The second-order valence-corrected chi connectivity index (χ2v) is 0. The molecule has 0 fully saturated rings. The summed E-state index contributed by atoms with van der Waals surface area (Å²) in [6.07, 6.45) is 0. The zero-order valence-electron chi connectivity index (χ0n) is 2.29. The normalized spacial score (nSPS) is 0. The van der Waals surface area contributed by atoms with Crippen molar-refractivity contribution in [1.82, 2.24) is 0 Å². The molecule has 0 heterocycles. The first-order chi connectivity index (χ1) is 0. The number of hydrogen-bond donors (Lipinski definition) is 0. The molecular formula is AlCuTi2W. The van der Waals surface area contributed by atoms with Crippen molar-refractivity contribution in [2.45, 2.75) is 0 Å². The van der Waals surface area contributed by atoms with Gasteiger partial charge in [-0.2, -0.15) is 0 Å².